The Labute approximate surface area is 207 Å². The number of nitrogens with zero attached hydrogens (tertiary/aromatic N) is 4. The van der Waals surface area contributed by atoms with Crippen LogP contribution in [0.5, 0.6) is 0 Å². The van der Waals surface area contributed by atoms with Crippen LogP contribution in [0.25, 0.3) is 0 Å². The molecule has 12 nitrogen and oxygen atoms in total. The standard InChI is InChI=1S/C20H24N6O6.2ClH/c1-2-32-20(28)25-16-5-6-21-12-15(16)18(23-25)22-19(27)14-4-3-13(11-17(14)26(29)30)24-7-9-31-10-8-24;;/h3-4,11,21H,2,5-10,12H2,1H3,(H,22,23,27);2*1H. The summed E-state index contributed by atoms with van der Waals surface area (Å²) in [6, 6.07) is 4.52. The number of benzene rings is 1. The van der Waals surface area contributed by atoms with Gasteiger partial charge in [-0.2, -0.15) is 4.68 Å². The molecule has 2 aliphatic rings. The highest BCUT2D eigenvalue weighted by Crippen LogP contribution is 2.28. The monoisotopic (exact) mass is 516 g/mol. The minimum absolute atomic E-state index is 0. The van der Waals surface area contributed by atoms with Crippen molar-refractivity contribution in [1.29, 1.82) is 0 Å². The minimum Gasteiger partial charge on any atom is -0.448 e. The van der Waals surface area contributed by atoms with Crippen molar-refractivity contribution < 1.29 is 24.0 Å². The van der Waals surface area contributed by atoms with E-state index in [0.29, 0.717) is 62.8 Å². The number of halogens is 2. The molecular formula is C20H26Cl2N6O6. The molecule has 4 rings (SSSR count). The zero-order valence-electron chi connectivity index (χ0n) is 18.4. The average molecular weight is 517 g/mol. The maximum absolute atomic E-state index is 13.0. The van der Waals surface area contributed by atoms with Gasteiger partial charge in [-0.05, 0) is 19.1 Å². The van der Waals surface area contributed by atoms with Crippen molar-refractivity contribution in [3.05, 3.63) is 45.1 Å². The Kier molecular flexibility index (Phi) is 9.62. The molecule has 14 heteroatoms. The van der Waals surface area contributed by atoms with E-state index in [9.17, 15) is 19.7 Å². The SMILES string of the molecule is CCOC(=O)n1nc(NC(=O)c2ccc(N3CCOCC3)cc2[N+](=O)[O-])c2c1CCNC2.Cl.Cl. The molecule has 2 N–H and O–H groups in total. The van der Waals surface area contributed by atoms with Crippen LogP contribution >= 0.6 is 24.8 Å². The number of amides is 1. The molecule has 1 amide bonds. The summed E-state index contributed by atoms with van der Waals surface area (Å²) in [5.74, 6) is -0.496. The fraction of sp³-hybridized carbons (Fsp3) is 0.450. The van der Waals surface area contributed by atoms with Gasteiger partial charge >= 0.3 is 6.09 Å². The summed E-state index contributed by atoms with van der Waals surface area (Å²) < 4.78 is 11.5. The van der Waals surface area contributed by atoms with Crippen LogP contribution in [-0.2, 0) is 22.4 Å². The predicted octanol–water partition coefficient (Wildman–Crippen LogP) is 2.37. The van der Waals surface area contributed by atoms with E-state index in [-0.39, 0.29) is 48.5 Å². The first kappa shape index (κ1) is 27.3. The smallest absolute Gasteiger partial charge is 0.434 e. The van der Waals surface area contributed by atoms with Crippen LogP contribution in [0, 0.1) is 10.1 Å². The molecule has 3 heterocycles. The molecular weight excluding hydrogens is 491 g/mol. The summed E-state index contributed by atoms with van der Waals surface area (Å²) in [7, 11) is 0. The number of aromatic nitrogens is 2. The number of rotatable bonds is 5. The van der Waals surface area contributed by atoms with Gasteiger partial charge in [0.2, 0.25) is 0 Å². The van der Waals surface area contributed by atoms with Crippen LogP contribution in [0.1, 0.15) is 28.5 Å². The van der Waals surface area contributed by atoms with Crippen LogP contribution in [0.15, 0.2) is 18.2 Å². The Balaban J connectivity index is 0.00000204. The third-order valence-corrected chi connectivity index (χ3v) is 5.40. The number of nitro benzene ring substituents is 1. The van der Waals surface area contributed by atoms with E-state index < -0.39 is 16.9 Å². The van der Waals surface area contributed by atoms with E-state index in [1.165, 1.54) is 12.1 Å². The number of carbonyl (C=O) groups excluding carboxylic acids is 2. The number of ether oxygens (including phenoxy) is 2. The molecule has 1 fully saturated rings. The minimum atomic E-state index is -0.674. The van der Waals surface area contributed by atoms with Crippen LogP contribution in [-0.4, -0.2) is 66.2 Å². The van der Waals surface area contributed by atoms with Gasteiger partial charge in [0, 0.05) is 49.9 Å². The molecule has 0 bridgehead atoms. The molecule has 1 aromatic heterocycles. The molecule has 0 spiro atoms. The van der Waals surface area contributed by atoms with Crippen molar-refractivity contribution in [3.8, 4) is 0 Å². The van der Waals surface area contributed by atoms with Gasteiger partial charge in [0.05, 0.1) is 30.4 Å². The second-order valence-corrected chi connectivity index (χ2v) is 7.32. The van der Waals surface area contributed by atoms with E-state index in [1.807, 2.05) is 4.90 Å². The van der Waals surface area contributed by atoms with E-state index in [1.54, 1.807) is 13.0 Å². The van der Waals surface area contributed by atoms with Crippen LogP contribution in [0.3, 0.4) is 0 Å². The Morgan fingerprint density at radius 2 is 2.03 bits per heavy atom. The normalized spacial score (nSPS) is 14.8. The van der Waals surface area contributed by atoms with Crippen molar-refractivity contribution in [1.82, 2.24) is 15.1 Å². The van der Waals surface area contributed by atoms with Crippen molar-refractivity contribution in [2.75, 3.05) is 49.7 Å². The molecule has 186 valence electrons. The summed E-state index contributed by atoms with van der Waals surface area (Å²) in [4.78, 5) is 38.3. The molecule has 0 radical (unpaired) electrons. The molecule has 0 unspecified atom stereocenters. The molecule has 2 aliphatic heterocycles. The summed E-state index contributed by atoms with van der Waals surface area (Å²) in [6.07, 6.45) is -0.0993. The molecule has 0 atom stereocenters. The Morgan fingerprint density at radius 3 is 2.71 bits per heavy atom. The number of fused-ring (bicyclic) bond motifs is 1. The summed E-state index contributed by atoms with van der Waals surface area (Å²) in [5.41, 5.74) is 1.57. The van der Waals surface area contributed by atoms with Crippen molar-refractivity contribution in [2.24, 2.45) is 0 Å². The van der Waals surface area contributed by atoms with Gasteiger partial charge in [0.25, 0.3) is 11.6 Å². The highest BCUT2D eigenvalue weighted by atomic mass is 35.5. The van der Waals surface area contributed by atoms with Gasteiger partial charge in [-0.15, -0.1) is 29.9 Å². The second kappa shape index (κ2) is 12.0. The first-order valence-corrected chi connectivity index (χ1v) is 10.4. The number of nitro groups is 1. The number of morpholine rings is 1. The third kappa shape index (κ3) is 5.58. The average Bonchev–Trinajstić information content (AvgIpc) is 3.18. The zero-order valence-corrected chi connectivity index (χ0v) is 20.1. The quantitative estimate of drug-likeness (QED) is 0.452. The number of carbonyl (C=O) groups is 2. The molecule has 34 heavy (non-hydrogen) atoms. The first-order valence-electron chi connectivity index (χ1n) is 10.4. The maximum Gasteiger partial charge on any atom is 0.434 e. The fourth-order valence-electron chi connectivity index (χ4n) is 3.84. The highest BCUT2D eigenvalue weighted by Gasteiger charge is 2.28. The van der Waals surface area contributed by atoms with E-state index >= 15 is 0 Å². The largest absolute Gasteiger partial charge is 0.448 e. The van der Waals surface area contributed by atoms with Gasteiger partial charge in [-0.1, -0.05) is 0 Å². The summed E-state index contributed by atoms with van der Waals surface area (Å²) in [6.45, 7) is 5.26. The Hall–Kier alpha value is -2.93. The lowest BCUT2D eigenvalue weighted by Gasteiger charge is -2.28. The Bertz CT molecular complexity index is 1060. The van der Waals surface area contributed by atoms with Gasteiger partial charge in [0.15, 0.2) is 5.82 Å². The van der Waals surface area contributed by atoms with Crippen LogP contribution in [0.2, 0.25) is 0 Å². The van der Waals surface area contributed by atoms with Crippen LogP contribution in [0.4, 0.5) is 22.0 Å². The zero-order chi connectivity index (χ0) is 22.7. The highest BCUT2D eigenvalue weighted by molar-refractivity contribution is 6.07. The molecule has 0 aliphatic carbocycles. The van der Waals surface area contributed by atoms with Gasteiger partial charge in [-0.3, -0.25) is 14.9 Å². The third-order valence-electron chi connectivity index (χ3n) is 5.40. The van der Waals surface area contributed by atoms with E-state index in [4.69, 9.17) is 9.47 Å². The Morgan fingerprint density at radius 1 is 1.29 bits per heavy atom. The maximum atomic E-state index is 13.0. The van der Waals surface area contributed by atoms with Crippen molar-refractivity contribution in [2.45, 2.75) is 19.9 Å². The van der Waals surface area contributed by atoms with Crippen molar-refractivity contribution >= 4 is 54.0 Å². The van der Waals surface area contributed by atoms with E-state index in [0.717, 1.165) is 4.68 Å². The van der Waals surface area contributed by atoms with Crippen LogP contribution < -0.4 is 15.5 Å². The summed E-state index contributed by atoms with van der Waals surface area (Å²) >= 11 is 0. The van der Waals surface area contributed by atoms with Crippen molar-refractivity contribution in [3.63, 3.8) is 0 Å². The van der Waals surface area contributed by atoms with Gasteiger partial charge in [0.1, 0.15) is 5.56 Å². The molecule has 1 aromatic carbocycles. The predicted molar refractivity (Wildman–Crippen MR) is 129 cm³/mol. The second-order valence-electron chi connectivity index (χ2n) is 7.32. The summed E-state index contributed by atoms with van der Waals surface area (Å²) in [5, 5.41) is 21.7. The number of hydrogen-bond donors (Lipinski definition) is 2. The number of hydrogen-bond acceptors (Lipinski definition) is 9. The topological polar surface area (TPSA) is 141 Å². The lowest BCUT2D eigenvalue weighted by Crippen LogP contribution is -2.36. The lowest BCUT2D eigenvalue weighted by atomic mass is 10.1. The molecule has 2 aromatic rings. The van der Waals surface area contributed by atoms with Gasteiger partial charge in [-0.25, -0.2) is 4.79 Å². The van der Waals surface area contributed by atoms with Gasteiger partial charge < -0.3 is 25.0 Å². The number of anilines is 2. The molecule has 1 saturated heterocycles. The fourth-order valence-corrected chi connectivity index (χ4v) is 3.84. The number of nitrogens with one attached hydrogen (secondary N) is 2. The first-order chi connectivity index (χ1) is 15.5. The lowest BCUT2D eigenvalue weighted by molar-refractivity contribution is -0.385. The van der Waals surface area contributed by atoms with E-state index in [2.05, 4.69) is 15.7 Å². The molecule has 0 saturated carbocycles.